The quantitative estimate of drug-likeness (QED) is 0.867. The van der Waals surface area contributed by atoms with Crippen molar-refractivity contribution in [3.63, 3.8) is 0 Å². The lowest BCUT2D eigenvalue weighted by Gasteiger charge is -2.18. The lowest BCUT2D eigenvalue weighted by Crippen LogP contribution is -2.31. The summed E-state index contributed by atoms with van der Waals surface area (Å²) >= 11 is 6.11. The molecule has 1 aliphatic rings. The van der Waals surface area contributed by atoms with E-state index in [1.54, 1.807) is 17.2 Å². The molecule has 2 heterocycles. The number of carbonyl (C=O) groups excluding carboxylic acids is 1. The fourth-order valence-corrected chi connectivity index (χ4v) is 2.87. The number of benzene rings is 1. The second kappa shape index (κ2) is 6.54. The van der Waals surface area contributed by atoms with E-state index in [1.807, 2.05) is 32.0 Å². The van der Waals surface area contributed by atoms with E-state index >= 15 is 0 Å². The zero-order valence-corrected chi connectivity index (χ0v) is 13.9. The number of para-hydroxylation sites is 1. The second-order valence-corrected chi connectivity index (χ2v) is 6.03. The zero-order valence-electron chi connectivity index (χ0n) is 13.1. The van der Waals surface area contributed by atoms with Gasteiger partial charge >= 0.3 is 0 Å². The van der Waals surface area contributed by atoms with Gasteiger partial charge in [-0.25, -0.2) is 9.97 Å². The van der Waals surface area contributed by atoms with Crippen molar-refractivity contribution < 1.29 is 9.53 Å². The van der Waals surface area contributed by atoms with Crippen LogP contribution < -0.4 is 4.74 Å². The van der Waals surface area contributed by atoms with Crippen LogP contribution in [0.1, 0.15) is 28.3 Å². The molecule has 1 fully saturated rings. The molecule has 0 aliphatic carbocycles. The molecule has 2 aromatic rings. The Labute approximate surface area is 140 Å². The smallest absolute Gasteiger partial charge is 0.257 e. The summed E-state index contributed by atoms with van der Waals surface area (Å²) in [5.74, 6) is 1.27. The molecule has 1 aromatic heterocycles. The van der Waals surface area contributed by atoms with Crippen molar-refractivity contribution in [2.75, 3.05) is 13.1 Å². The molecule has 1 amide bonds. The van der Waals surface area contributed by atoms with Crippen molar-refractivity contribution in [1.82, 2.24) is 14.9 Å². The van der Waals surface area contributed by atoms with Gasteiger partial charge in [-0.3, -0.25) is 4.79 Å². The van der Waals surface area contributed by atoms with Crippen molar-refractivity contribution in [1.29, 1.82) is 0 Å². The van der Waals surface area contributed by atoms with E-state index < -0.39 is 0 Å². The highest BCUT2D eigenvalue weighted by atomic mass is 35.5. The molecule has 0 N–H and O–H groups in total. The van der Waals surface area contributed by atoms with Crippen LogP contribution in [0.2, 0.25) is 5.02 Å². The third-order valence-electron chi connectivity index (χ3n) is 3.89. The van der Waals surface area contributed by atoms with Crippen molar-refractivity contribution in [2.45, 2.75) is 26.4 Å². The maximum absolute atomic E-state index is 12.6. The minimum atomic E-state index is -0.0504. The number of aryl methyl sites for hydroxylation is 2. The first-order valence-corrected chi connectivity index (χ1v) is 7.93. The molecule has 0 saturated carbocycles. The van der Waals surface area contributed by atoms with E-state index in [0.29, 0.717) is 40.9 Å². The van der Waals surface area contributed by atoms with Gasteiger partial charge in [-0.2, -0.15) is 0 Å². The predicted molar refractivity (Wildman–Crippen MR) is 87.9 cm³/mol. The van der Waals surface area contributed by atoms with Crippen molar-refractivity contribution in [2.24, 2.45) is 0 Å². The average molecular weight is 332 g/mol. The summed E-state index contributed by atoms with van der Waals surface area (Å²) in [6.45, 7) is 4.83. The third-order valence-corrected chi connectivity index (χ3v) is 4.20. The molecule has 0 unspecified atom stereocenters. The molecular weight excluding hydrogens is 314 g/mol. The van der Waals surface area contributed by atoms with Gasteiger partial charge < -0.3 is 9.64 Å². The summed E-state index contributed by atoms with van der Waals surface area (Å²) in [7, 11) is 0. The first-order chi connectivity index (χ1) is 11.0. The van der Waals surface area contributed by atoms with Crippen LogP contribution in [0.5, 0.6) is 5.75 Å². The predicted octanol–water partition coefficient (Wildman–Crippen LogP) is 3.04. The van der Waals surface area contributed by atoms with Crippen LogP contribution in [-0.4, -0.2) is 40.0 Å². The molecule has 3 rings (SSSR count). The van der Waals surface area contributed by atoms with Crippen LogP contribution in [0.3, 0.4) is 0 Å². The van der Waals surface area contributed by atoms with Crippen molar-refractivity contribution in [3.05, 3.63) is 52.6 Å². The lowest BCUT2D eigenvalue weighted by atomic mass is 10.2. The summed E-state index contributed by atoms with van der Waals surface area (Å²) in [6.07, 6.45) is 2.33. The van der Waals surface area contributed by atoms with Gasteiger partial charge in [-0.05, 0) is 26.0 Å². The number of rotatable bonds is 3. The Kier molecular flexibility index (Phi) is 4.48. The molecule has 1 saturated heterocycles. The molecule has 1 aliphatic heterocycles. The molecule has 0 radical (unpaired) electrons. The Morgan fingerprint density at radius 3 is 2.87 bits per heavy atom. The molecule has 23 heavy (non-hydrogen) atoms. The van der Waals surface area contributed by atoms with Crippen molar-refractivity contribution in [3.8, 4) is 5.75 Å². The highest BCUT2D eigenvalue weighted by Crippen LogP contribution is 2.27. The number of hydrogen-bond donors (Lipinski definition) is 0. The Hall–Kier alpha value is -2.14. The van der Waals surface area contributed by atoms with Gasteiger partial charge in [0.25, 0.3) is 5.91 Å². The van der Waals surface area contributed by atoms with Crippen LogP contribution >= 0.6 is 11.6 Å². The van der Waals surface area contributed by atoms with Gasteiger partial charge in [-0.1, -0.05) is 23.7 Å². The fraction of sp³-hybridized carbons (Fsp3) is 0.353. The van der Waals surface area contributed by atoms with Crippen molar-refractivity contribution >= 4 is 17.5 Å². The number of hydrogen-bond acceptors (Lipinski definition) is 4. The van der Waals surface area contributed by atoms with E-state index in [4.69, 9.17) is 16.3 Å². The maximum atomic E-state index is 12.6. The summed E-state index contributed by atoms with van der Waals surface area (Å²) in [6, 6.07) is 7.37. The standard InChI is InChI=1S/C17H18ClN3O2/c1-11-14(9-19-12(2)20-11)17(22)21-8-7-13(10-21)23-16-6-4-3-5-15(16)18/h3-6,9,13H,7-8,10H2,1-2H3/t13-/m0/s1. The van der Waals surface area contributed by atoms with E-state index in [9.17, 15) is 4.79 Å². The minimum Gasteiger partial charge on any atom is -0.487 e. The Bertz CT molecular complexity index is 736. The summed E-state index contributed by atoms with van der Waals surface area (Å²) in [4.78, 5) is 22.8. The first kappa shape index (κ1) is 15.7. The average Bonchev–Trinajstić information content (AvgIpc) is 2.98. The highest BCUT2D eigenvalue weighted by molar-refractivity contribution is 6.32. The molecule has 0 bridgehead atoms. The topological polar surface area (TPSA) is 55.3 Å². The van der Waals surface area contributed by atoms with E-state index in [0.717, 1.165) is 6.42 Å². The lowest BCUT2D eigenvalue weighted by molar-refractivity contribution is 0.0770. The number of halogens is 1. The van der Waals surface area contributed by atoms with Crippen LogP contribution in [0.4, 0.5) is 0 Å². The molecular formula is C17H18ClN3O2. The molecule has 0 spiro atoms. The fourth-order valence-electron chi connectivity index (χ4n) is 2.69. The zero-order chi connectivity index (χ0) is 16.4. The van der Waals surface area contributed by atoms with Gasteiger partial charge in [-0.15, -0.1) is 0 Å². The van der Waals surface area contributed by atoms with E-state index in [2.05, 4.69) is 9.97 Å². The molecule has 1 aromatic carbocycles. The summed E-state index contributed by atoms with van der Waals surface area (Å²) in [5.41, 5.74) is 1.26. The Morgan fingerprint density at radius 2 is 2.13 bits per heavy atom. The second-order valence-electron chi connectivity index (χ2n) is 5.63. The Balaban J connectivity index is 1.67. The van der Waals surface area contributed by atoms with Gasteiger partial charge in [0.2, 0.25) is 0 Å². The van der Waals surface area contributed by atoms with Gasteiger partial charge in [0.1, 0.15) is 17.7 Å². The monoisotopic (exact) mass is 331 g/mol. The van der Waals surface area contributed by atoms with Gasteiger partial charge in [0.05, 0.1) is 22.8 Å². The van der Waals surface area contributed by atoms with Crippen LogP contribution in [0, 0.1) is 13.8 Å². The number of carbonyl (C=O) groups is 1. The largest absolute Gasteiger partial charge is 0.487 e. The minimum absolute atomic E-state index is 0.0484. The third kappa shape index (κ3) is 3.45. The number of amides is 1. The SMILES string of the molecule is Cc1ncc(C(=O)N2CC[C@H](Oc3ccccc3Cl)C2)c(C)n1. The molecule has 5 nitrogen and oxygen atoms in total. The van der Waals surface area contributed by atoms with Crippen LogP contribution in [0.15, 0.2) is 30.5 Å². The summed E-state index contributed by atoms with van der Waals surface area (Å²) < 4.78 is 5.91. The number of ether oxygens (including phenoxy) is 1. The molecule has 120 valence electrons. The van der Waals surface area contributed by atoms with Gasteiger partial charge in [0.15, 0.2) is 0 Å². The first-order valence-electron chi connectivity index (χ1n) is 7.55. The van der Waals surface area contributed by atoms with Crippen LogP contribution in [-0.2, 0) is 0 Å². The van der Waals surface area contributed by atoms with E-state index in [-0.39, 0.29) is 12.0 Å². The Morgan fingerprint density at radius 1 is 1.35 bits per heavy atom. The number of nitrogens with zero attached hydrogens (tertiary/aromatic N) is 3. The normalized spacial score (nSPS) is 17.3. The summed E-state index contributed by atoms with van der Waals surface area (Å²) in [5, 5.41) is 0.583. The highest BCUT2D eigenvalue weighted by Gasteiger charge is 2.29. The number of aromatic nitrogens is 2. The molecule has 6 heteroatoms. The van der Waals surface area contributed by atoms with Crippen LogP contribution in [0.25, 0.3) is 0 Å². The maximum Gasteiger partial charge on any atom is 0.257 e. The molecule has 1 atom stereocenters. The van der Waals surface area contributed by atoms with E-state index in [1.165, 1.54) is 0 Å². The number of likely N-dealkylation sites (tertiary alicyclic amines) is 1. The van der Waals surface area contributed by atoms with Gasteiger partial charge in [0, 0.05) is 19.2 Å².